The Balaban J connectivity index is 1.74. The van der Waals surface area contributed by atoms with Crippen molar-refractivity contribution in [3.05, 3.63) is 113 Å². The molecule has 5 aromatic rings. The molecule has 2 nitrogen and oxygen atoms in total. The summed E-state index contributed by atoms with van der Waals surface area (Å²) in [6.07, 6.45) is 0. The maximum Gasteiger partial charge on any atom is 0.197 e. The fraction of sp³-hybridized carbons (Fsp3) is 0. The van der Waals surface area contributed by atoms with Crippen molar-refractivity contribution in [1.82, 2.24) is 4.98 Å². The third-order valence-corrected chi connectivity index (χ3v) is 7.22. The third-order valence-electron chi connectivity index (χ3n) is 5.01. The van der Waals surface area contributed by atoms with Crippen molar-refractivity contribution in [2.24, 2.45) is 0 Å². The van der Waals surface area contributed by atoms with E-state index in [1.54, 1.807) is 30.3 Å². The summed E-state index contributed by atoms with van der Waals surface area (Å²) in [5.74, 6) is -0.634. The second-order valence-electron chi connectivity index (χ2n) is 6.92. The molecule has 0 aliphatic heterocycles. The Hall–Kier alpha value is -3.44. The zero-order valence-corrected chi connectivity index (χ0v) is 16.5. The Bertz CT molecular complexity index is 1380. The van der Waals surface area contributed by atoms with Crippen molar-refractivity contribution in [2.45, 2.75) is 14.7 Å². The number of benzene rings is 4. The number of hydrogen-bond donors (Lipinski definition) is 1. The number of aromatic nitrogens is 1. The van der Waals surface area contributed by atoms with E-state index in [-0.39, 0.29) is 17.1 Å². The van der Waals surface area contributed by atoms with Gasteiger partial charge in [0.25, 0.3) is 0 Å². The van der Waals surface area contributed by atoms with Gasteiger partial charge in [0.15, 0.2) is 20.1 Å². The van der Waals surface area contributed by atoms with Crippen LogP contribution in [-0.2, 0) is 10.9 Å². The molecule has 0 saturated carbocycles. The van der Waals surface area contributed by atoms with E-state index in [4.69, 9.17) is 0 Å². The molecule has 0 saturated heterocycles. The van der Waals surface area contributed by atoms with Gasteiger partial charge in [0, 0.05) is 17.0 Å². The molecule has 0 unspecified atom stereocenters. The first-order valence-corrected chi connectivity index (χ1v) is 10.6. The molecule has 5 heteroatoms. The summed E-state index contributed by atoms with van der Waals surface area (Å²) < 4.78 is 27.1. The Kier molecular flexibility index (Phi) is 4.60. The minimum atomic E-state index is -0.615. The van der Waals surface area contributed by atoms with Crippen molar-refractivity contribution in [1.29, 1.82) is 0 Å². The van der Waals surface area contributed by atoms with Crippen LogP contribution in [0.25, 0.3) is 21.8 Å². The molecule has 30 heavy (non-hydrogen) atoms. The first-order chi connectivity index (χ1) is 14.6. The molecule has 146 valence electrons. The number of pyridine rings is 1. The van der Waals surface area contributed by atoms with Crippen molar-refractivity contribution < 1.29 is 8.78 Å². The van der Waals surface area contributed by atoms with Gasteiger partial charge in [0.1, 0.15) is 11.6 Å². The normalized spacial score (nSPS) is 11.4. The van der Waals surface area contributed by atoms with Gasteiger partial charge in [-0.3, -0.25) is 4.79 Å². The predicted octanol–water partition coefficient (Wildman–Crippen LogP) is 6.05. The molecule has 0 bridgehead atoms. The van der Waals surface area contributed by atoms with Crippen LogP contribution in [0.3, 0.4) is 0 Å². The van der Waals surface area contributed by atoms with E-state index >= 15 is 0 Å². The Morgan fingerprint density at radius 2 is 1.13 bits per heavy atom. The van der Waals surface area contributed by atoms with Gasteiger partial charge < -0.3 is 4.98 Å². The molecule has 0 spiro atoms. The summed E-state index contributed by atoms with van der Waals surface area (Å²) in [6, 6.07) is 25.8. The summed E-state index contributed by atoms with van der Waals surface area (Å²) in [6.45, 7) is 0. The quantitative estimate of drug-likeness (QED) is 0.282. The van der Waals surface area contributed by atoms with Crippen molar-refractivity contribution in [3.63, 3.8) is 0 Å². The van der Waals surface area contributed by atoms with E-state index in [0.29, 0.717) is 10.8 Å². The lowest BCUT2D eigenvalue weighted by atomic mass is 10.1. The van der Waals surface area contributed by atoms with E-state index < -0.39 is 10.9 Å². The van der Waals surface area contributed by atoms with Gasteiger partial charge in [-0.05, 0) is 72.8 Å². The number of aromatic amines is 1. The van der Waals surface area contributed by atoms with E-state index in [2.05, 4.69) is 4.98 Å². The minimum Gasteiger partial charge on any atom is -0.354 e. The Labute approximate surface area is 174 Å². The molecular formula is C25H16F2NOS+. The molecular weight excluding hydrogens is 400 g/mol. The van der Waals surface area contributed by atoms with Crippen molar-refractivity contribution >= 4 is 32.7 Å². The van der Waals surface area contributed by atoms with Crippen LogP contribution >= 0.6 is 0 Å². The lowest BCUT2D eigenvalue weighted by Gasteiger charge is -2.09. The third kappa shape index (κ3) is 3.27. The fourth-order valence-corrected chi connectivity index (χ4v) is 5.65. The molecule has 0 fully saturated rings. The fourth-order valence-electron chi connectivity index (χ4n) is 3.58. The second-order valence-corrected chi connectivity index (χ2v) is 8.95. The zero-order valence-electron chi connectivity index (χ0n) is 15.7. The predicted molar refractivity (Wildman–Crippen MR) is 117 cm³/mol. The summed E-state index contributed by atoms with van der Waals surface area (Å²) in [4.78, 5) is 19.1. The number of nitrogens with one attached hydrogen (secondary N) is 1. The highest BCUT2D eigenvalue weighted by atomic mass is 32.2. The van der Waals surface area contributed by atoms with Gasteiger partial charge in [0.2, 0.25) is 0 Å². The lowest BCUT2D eigenvalue weighted by Crippen LogP contribution is -2.08. The van der Waals surface area contributed by atoms with Crippen LogP contribution in [0, 0.1) is 11.6 Å². The highest BCUT2D eigenvalue weighted by Crippen LogP contribution is 2.32. The highest BCUT2D eigenvalue weighted by molar-refractivity contribution is 7.97. The number of fused-ring (bicyclic) bond motifs is 2. The van der Waals surface area contributed by atoms with Gasteiger partial charge in [-0.1, -0.05) is 12.1 Å². The number of rotatable bonds is 3. The topological polar surface area (TPSA) is 32.9 Å². The van der Waals surface area contributed by atoms with Crippen molar-refractivity contribution in [3.8, 4) is 0 Å². The maximum absolute atomic E-state index is 13.5. The largest absolute Gasteiger partial charge is 0.354 e. The molecule has 4 aromatic carbocycles. The van der Waals surface area contributed by atoms with Crippen LogP contribution in [0.2, 0.25) is 0 Å². The number of hydrogen-bond acceptors (Lipinski definition) is 1. The number of para-hydroxylation sites is 1. The first kappa shape index (κ1) is 18.6. The SMILES string of the molecule is O=c1c2ccccc2[nH]c2ccc([S+](c3ccc(F)cc3)c3ccc(F)cc3)cc12. The average molecular weight is 416 g/mol. The van der Waals surface area contributed by atoms with Crippen LogP contribution in [0.1, 0.15) is 0 Å². The number of H-pyrrole nitrogens is 1. The van der Waals surface area contributed by atoms with Gasteiger partial charge >= 0.3 is 0 Å². The Morgan fingerprint density at radius 1 is 0.600 bits per heavy atom. The summed E-state index contributed by atoms with van der Waals surface area (Å²) >= 11 is 0. The molecule has 0 radical (unpaired) electrons. The van der Waals surface area contributed by atoms with Gasteiger partial charge in [-0.2, -0.15) is 0 Å². The van der Waals surface area contributed by atoms with E-state index in [1.165, 1.54) is 24.3 Å². The molecule has 5 rings (SSSR count). The van der Waals surface area contributed by atoms with Crippen LogP contribution in [-0.4, -0.2) is 4.98 Å². The average Bonchev–Trinajstić information content (AvgIpc) is 2.77. The number of halogens is 2. The second kappa shape index (κ2) is 7.43. The standard InChI is InChI=1S/C25H15F2NOS/c26-16-5-9-18(10-6-16)30(19-11-7-17(27)8-12-19)20-13-14-24-22(15-20)25(29)21-3-1-2-4-23(21)28-24/h1-15H/p+1. The van der Waals surface area contributed by atoms with Gasteiger partial charge in [0.05, 0.1) is 21.8 Å². The maximum atomic E-state index is 13.5. The lowest BCUT2D eigenvalue weighted by molar-refractivity contribution is 0.626. The molecule has 1 N–H and O–H groups in total. The molecule has 0 aliphatic rings. The monoisotopic (exact) mass is 416 g/mol. The van der Waals surface area contributed by atoms with Gasteiger partial charge in [-0.15, -0.1) is 0 Å². The summed E-state index contributed by atoms with van der Waals surface area (Å²) in [5.41, 5.74) is 1.51. The van der Waals surface area contributed by atoms with Crippen LogP contribution in [0.15, 0.2) is 110 Å². The summed E-state index contributed by atoms with van der Waals surface area (Å²) in [7, 11) is -0.615. The summed E-state index contributed by atoms with van der Waals surface area (Å²) in [5, 5.41) is 1.22. The van der Waals surface area contributed by atoms with Crippen LogP contribution < -0.4 is 5.43 Å². The minimum absolute atomic E-state index is 0.0389. The smallest absolute Gasteiger partial charge is 0.197 e. The molecule has 0 aliphatic carbocycles. The van der Waals surface area contributed by atoms with Crippen LogP contribution in [0.5, 0.6) is 0 Å². The molecule has 1 aromatic heterocycles. The van der Waals surface area contributed by atoms with E-state index in [0.717, 1.165) is 25.7 Å². The molecule has 1 heterocycles. The van der Waals surface area contributed by atoms with Gasteiger partial charge in [-0.25, -0.2) is 8.78 Å². The molecule has 0 atom stereocenters. The van der Waals surface area contributed by atoms with Crippen molar-refractivity contribution in [2.75, 3.05) is 0 Å². The first-order valence-electron chi connectivity index (χ1n) is 9.40. The van der Waals surface area contributed by atoms with E-state index in [1.807, 2.05) is 36.4 Å². The zero-order chi connectivity index (χ0) is 20.7. The Morgan fingerprint density at radius 3 is 1.77 bits per heavy atom. The van der Waals surface area contributed by atoms with Crippen LogP contribution in [0.4, 0.5) is 8.78 Å². The van der Waals surface area contributed by atoms with E-state index in [9.17, 15) is 13.6 Å². The molecule has 0 amide bonds. The highest BCUT2D eigenvalue weighted by Gasteiger charge is 2.29.